The fraction of sp³-hybridized carbons (Fsp3) is 1.00. The number of nitrogens with zero attached hydrogens (tertiary/aromatic N) is 1. The second-order valence-corrected chi connectivity index (χ2v) is 6.48. The van der Waals surface area contributed by atoms with Crippen LogP contribution in [0, 0.1) is 0 Å². The minimum absolute atomic E-state index is 0.267. The molecule has 1 saturated heterocycles. The van der Waals surface area contributed by atoms with Crippen LogP contribution < -0.4 is 0 Å². The highest BCUT2D eigenvalue weighted by molar-refractivity contribution is 7.89. The van der Waals surface area contributed by atoms with Crippen molar-refractivity contribution >= 4 is 21.6 Å². The molecule has 0 saturated carbocycles. The van der Waals surface area contributed by atoms with Gasteiger partial charge in [0.25, 0.3) is 0 Å². The predicted molar refractivity (Wildman–Crippen MR) is 65.3 cm³/mol. The van der Waals surface area contributed by atoms with E-state index in [2.05, 4.69) is 0 Å². The van der Waals surface area contributed by atoms with Gasteiger partial charge < -0.3 is 4.74 Å². The first-order chi connectivity index (χ1) is 7.62. The number of hydrogen-bond donors (Lipinski definition) is 0. The van der Waals surface area contributed by atoms with E-state index in [4.69, 9.17) is 16.3 Å². The van der Waals surface area contributed by atoms with Gasteiger partial charge in [-0.15, -0.1) is 11.6 Å². The SMILES string of the molecule is CCN(CCCCl)S(=O)(=O)C1CCOCC1. The van der Waals surface area contributed by atoms with Gasteiger partial charge in [-0.25, -0.2) is 12.7 Å². The molecule has 4 nitrogen and oxygen atoms in total. The van der Waals surface area contributed by atoms with E-state index < -0.39 is 10.0 Å². The van der Waals surface area contributed by atoms with Crippen molar-refractivity contribution in [3.63, 3.8) is 0 Å². The van der Waals surface area contributed by atoms with Gasteiger partial charge in [0.1, 0.15) is 0 Å². The Morgan fingerprint density at radius 2 is 2.00 bits per heavy atom. The van der Waals surface area contributed by atoms with Gasteiger partial charge in [-0.1, -0.05) is 6.92 Å². The first-order valence-corrected chi connectivity index (χ1v) is 7.79. The van der Waals surface area contributed by atoms with Crippen LogP contribution in [0.15, 0.2) is 0 Å². The molecule has 0 aliphatic carbocycles. The van der Waals surface area contributed by atoms with Gasteiger partial charge >= 0.3 is 0 Å². The van der Waals surface area contributed by atoms with E-state index in [0.29, 0.717) is 51.4 Å². The lowest BCUT2D eigenvalue weighted by molar-refractivity contribution is 0.0972. The number of rotatable bonds is 6. The molecule has 96 valence electrons. The lowest BCUT2D eigenvalue weighted by atomic mass is 10.2. The Morgan fingerprint density at radius 3 is 2.50 bits per heavy atom. The van der Waals surface area contributed by atoms with Crippen molar-refractivity contribution in [3.8, 4) is 0 Å². The summed E-state index contributed by atoms with van der Waals surface area (Å²) in [5, 5.41) is -0.267. The van der Waals surface area contributed by atoms with E-state index in [-0.39, 0.29) is 5.25 Å². The second-order valence-electron chi connectivity index (χ2n) is 3.89. The highest BCUT2D eigenvalue weighted by Crippen LogP contribution is 2.19. The van der Waals surface area contributed by atoms with E-state index in [0.717, 1.165) is 0 Å². The van der Waals surface area contributed by atoms with E-state index in [1.807, 2.05) is 6.92 Å². The normalized spacial score (nSPS) is 19.2. The number of sulfonamides is 1. The van der Waals surface area contributed by atoms with Crippen LogP contribution in [0.4, 0.5) is 0 Å². The smallest absolute Gasteiger partial charge is 0.217 e. The van der Waals surface area contributed by atoms with Crippen LogP contribution in [0.2, 0.25) is 0 Å². The Morgan fingerprint density at radius 1 is 1.38 bits per heavy atom. The van der Waals surface area contributed by atoms with E-state index in [9.17, 15) is 8.42 Å². The summed E-state index contributed by atoms with van der Waals surface area (Å²) in [7, 11) is -3.15. The molecule has 0 aromatic carbocycles. The fourth-order valence-corrected chi connectivity index (χ4v) is 3.96. The zero-order chi connectivity index (χ0) is 12.0. The summed E-state index contributed by atoms with van der Waals surface area (Å²) in [6, 6.07) is 0. The molecule has 0 radical (unpaired) electrons. The molecule has 6 heteroatoms. The van der Waals surface area contributed by atoms with Gasteiger partial charge in [0.15, 0.2) is 0 Å². The van der Waals surface area contributed by atoms with Crippen LogP contribution in [0.1, 0.15) is 26.2 Å². The van der Waals surface area contributed by atoms with Gasteiger partial charge in [0.2, 0.25) is 10.0 Å². The van der Waals surface area contributed by atoms with Crippen LogP contribution in [0.3, 0.4) is 0 Å². The summed E-state index contributed by atoms with van der Waals surface area (Å²) in [5.74, 6) is 0.500. The maximum atomic E-state index is 12.2. The quantitative estimate of drug-likeness (QED) is 0.686. The minimum Gasteiger partial charge on any atom is -0.381 e. The Bertz CT molecular complexity index is 288. The van der Waals surface area contributed by atoms with E-state index in [1.165, 1.54) is 0 Å². The average molecular weight is 270 g/mol. The summed E-state index contributed by atoms with van der Waals surface area (Å²) in [6.45, 7) is 4.02. The summed E-state index contributed by atoms with van der Waals surface area (Å²) in [5.41, 5.74) is 0. The molecule has 0 aromatic rings. The first kappa shape index (κ1) is 14.2. The van der Waals surface area contributed by atoms with Gasteiger partial charge in [-0.05, 0) is 19.3 Å². The molecule has 1 aliphatic rings. The lowest BCUT2D eigenvalue weighted by Crippen LogP contribution is -2.41. The molecule has 0 amide bonds. The van der Waals surface area contributed by atoms with Crippen molar-refractivity contribution in [1.82, 2.24) is 4.31 Å². The van der Waals surface area contributed by atoms with Crippen LogP contribution in [-0.2, 0) is 14.8 Å². The van der Waals surface area contributed by atoms with E-state index in [1.54, 1.807) is 4.31 Å². The predicted octanol–water partition coefficient (Wildman–Crippen LogP) is 1.45. The Hall–Kier alpha value is 0.160. The number of alkyl halides is 1. The highest BCUT2D eigenvalue weighted by Gasteiger charge is 2.32. The minimum atomic E-state index is -3.15. The van der Waals surface area contributed by atoms with Gasteiger partial charge in [-0.2, -0.15) is 0 Å². The van der Waals surface area contributed by atoms with Crippen LogP contribution in [-0.4, -0.2) is 50.2 Å². The molecule has 1 rings (SSSR count). The standard InChI is InChI=1S/C10H20ClNO3S/c1-2-12(7-3-6-11)16(13,14)10-4-8-15-9-5-10/h10H,2-9H2,1H3. The zero-order valence-corrected chi connectivity index (χ0v) is 11.3. The van der Waals surface area contributed by atoms with Crippen molar-refractivity contribution in [2.45, 2.75) is 31.4 Å². The molecule has 0 spiro atoms. The van der Waals surface area contributed by atoms with Crippen LogP contribution in [0.5, 0.6) is 0 Å². The van der Waals surface area contributed by atoms with Crippen molar-refractivity contribution in [1.29, 1.82) is 0 Å². The molecule has 0 unspecified atom stereocenters. The monoisotopic (exact) mass is 269 g/mol. The van der Waals surface area contributed by atoms with Crippen LogP contribution >= 0.6 is 11.6 Å². The summed E-state index contributed by atoms with van der Waals surface area (Å²) in [6.07, 6.45) is 1.93. The molecule has 0 atom stereocenters. The number of ether oxygens (including phenoxy) is 1. The molecular weight excluding hydrogens is 250 g/mol. The Balaban J connectivity index is 2.64. The fourth-order valence-electron chi connectivity index (χ4n) is 1.89. The average Bonchev–Trinajstić information content (AvgIpc) is 2.31. The first-order valence-electron chi connectivity index (χ1n) is 5.75. The Kier molecular flexibility index (Phi) is 6.03. The Labute approximate surface area is 103 Å². The molecule has 16 heavy (non-hydrogen) atoms. The van der Waals surface area contributed by atoms with Crippen LogP contribution in [0.25, 0.3) is 0 Å². The third-order valence-corrected chi connectivity index (χ3v) is 5.58. The van der Waals surface area contributed by atoms with Crippen molar-refractivity contribution in [3.05, 3.63) is 0 Å². The summed E-state index contributed by atoms with van der Waals surface area (Å²) >= 11 is 5.60. The topological polar surface area (TPSA) is 46.6 Å². The van der Waals surface area contributed by atoms with Gasteiger partial charge in [0, 0.05) is 32.2 Å². The molecule has 0 aromatic heterocycles. The molecule has 0 bridgehead atoms. The van der Waals surface area contributed by atoms with Crippen molar-refractivity contribution < 1.29 is 13.2 Å². The maximum absolute atomic E-state index is 12.2. The molecule has 1 aliphatic heterocycles. The summed E-state index contributed by atoms with van der Waals surface area (Å²) < 4.78 is 31.2. The third kappa shape index (κ3) is 3.58. The second kappa shape index (κ2) is 6.79. The largest absolute Gasteiger partial charge is 0.381 e. The summed E-state index contributed by atoms with van der Waals surface area (Å²) in [4.78, 5) is 0. The van der Waals surface area contributed by atoms with Crippen molar-refractivity contribution in [2.24, 2.45) is 0 Å². The van der Waals surface area contributed by atoms with Crippen molar-refractivity contribution in [2.75, 3.05) is 32.2 Å². The van der Waals surface area contributed by atoms with Gasteiger partial charge in [0.05, 0.1) is 5.25 Å². The molecular formula is C10H20ClNO3S. The molecule has 0 N–H and O–H groups in total. The third-order valence-electron chi connectivity index (χ3n) is 2.84. The zero-order valence-electron chi connectivity index (χ0n) is 9.69. The maximum Gasteiger partial charge on any atom is 0.217 e. The molecule has 1 fully saturated rings. The lowest BCUT2D eigenvalue weighted by Gasteiger charge is -2.28. The molecule has 1 heterocycles. The number of halogens is 1. The number of hydrogen-bond acceptors (Lipinski definition) is 3. The highest BCUT2D eigenvalue weighted by atomic mass is 35.5. The van der Waals surface area contributed by atoms with E-state index >= 15 is 0 Å². The van der Waals surface area contributed by atoms with Gasteiger partial charge in [-0.3, -0.25) is 0 Å².